The largest absolute Gasteiger partial charge is 0.393 e. The highest BCUT2D eigenvalue weighted by molar-refractivity contribution is 5.94. The van der Waals surface area contributed by atoms with Gasteiger partial charge in [-0.05, 0) is 38.5 Å². The minimum atomic E-state index is -0.402. The van der Waals surface area contributed by atoms with Crippen molar-refractivity contribution in [3.63, 3.8) is 0 Å². The van der Waals surface area contributed by atoms with Gasteiger partial charge in [0.05, 0.1) is 12.3 Å². The molecule has 1 heterocycles. The van der Waals surface area contributed by atoms with E-state index in [0.717, 1.165) is 25.7 Å². The molecular weight excluding hydrogens is 240 g/mol. The molecule has 1 fully saturated rings. The molecule has 2 atom stereocenters. The van der Waals surface area contributed by atoms with E-state index in [2.05, 4.69) is 17.4 Å². The molecule has 1 aliphatic rings. The SMILES string of the molecule is C=CCCCC=CC(CC=CC)C1CC(=O)OC1=O. The Morgan fingerprint density at radius 1 is 1.37 bits per heavy atom. The van der Waals surface area contributed by atoms with Crippen LogP contribution in [0.25, 0.3) is 0 Å². The van der Waals surface area contributed by atoms with Crippen LogP contribution >= 0.6 is 0 Å². The number of hydrogen-bond donors (Lipinski definition) is 0. The van der Waals surface area contributed by atoms with E-state index in [0.29, 0.717) is 0 Å². The fourth-order valence-electron chi connectivity index (χ4n) is 2.14. The van der Waals surface area contributed by atoms with Crippen LogP contribution in [-0.2, 0) is 14.3 Å². The maximum Gasteiger partial charge on any atom is 0.317 e. The normalized spacial score (nSPS) is 21.2. The molecular formula is C16H22O3. The minimum Gasteiger partial charge on any atom is -0.393 e. The summed E-state index contributed by atoms with van der Waals surface area (Å²) >= 11 is 0. The van der Waals surface area contributed by atoms with Gasteiger partial charge in [-0.2, -0.15) is 0 Å². The zero-order chi connectivity index (χ0) is 14.1. The topological polar surface area (TPSA) is 43.4 Å². The van der Waals surface area contributed by atoms with Crippen molar-refractivity contribution in [2.45, 2.75) is 39.0 Å². The average Bonchev–Trinajstić information content (AvgIpc) is 2.72. The quantitative estimate of drug-likeness (QED) is 0.291. The summed E-state index contributed by atoms with van der Waals surface area (Å²) in [4.78, 5) is 22.8. The second kappa shape index (κ2) is 8.46. The van der Waals surface area contributed by atoms with Gasteiger partial charge < -0.3 is 4.74 Å². The van der Waals surface area contributed by atoms with Gasteiger partial charge in [0.15, 0.2) is 0 Å². The summed E-state index contributed by atoms with van der Waals surface area (Å²) in [6, 6.07) is 0. The molecule has 1 aliphatic heterocycles. The summed E-state index contributed by atoms with van der Waals surface area (Å²) in [5.41, 5.74) is 0. The predicted molar refractivity (Wildman–Crippen MR) is 75.3 cm³/mol. The second-order valence-corrected chi connectivity index (χ2v) is 4.72. The van der Waals surface area contributed by atoms with Gasteiger partial charge in [-0.1, -0.05) is 30.4 Å². The van der Waals surface area contributed by atoms with E-state index in [4.69, 9.17) is 0 Å². The number of unbranched alkanes of at least 4 members (excludes halogenated alkanes) is 2. The van der Waals surface area contributed by atoms with E-state index in [-0.39, 0.29) is 24.2 Å². The first-order chi connectivity index (χ1) is 9.19. The van der Waals surface area contributed by atoms with E-state index in [9.17, 15) is 9.59 Å². The van der Waals surface area contributed by atoms with Crippen LogP contribution in [0.4, 0.5) is 0 Å². The van der Waals surface area contributed by atoms with Crippen molar-refractivity contribution in [3.8, 4) is 0 Å². The van der Waals surface area contributed by atoms with Gasteiger partial charge in [0, 0.05) is 0 Å². The van der Waals surface area contributed by atoms with Crippen LogP contribution in [0.15, 0.2) is 37.0 Å². The molecule has 0 bridgehead atoms. The second-order valence-electron chi connectivity index (χ2n) is 4.72. The third kappa shape index (κ3) is 5.25. The monoisotopic (exact) mass is 262 g/mol. The van der Waals surface area contributed by atoms with Crippen LogP contribution in [0, 0.1) is 11.8 Å². The van der Waals surface area contributed by atoms with E-state index in [1.165, 1.54) is 0 Å². The molecule has 0 aromatic carbocycles. The molecule has 104 valence electrons. The van der Waals surface area contributed by atoms with Gasteiger partial charge in [0.2, 0.25) is 0 Å². The molecule has 0 spiro atoms. The Bertz CT molecular complexity index is 379. The standard InChI is InChI=1S/C16H22O3/c1-3-5-7-8-9-11-13(10-6-4-2)14-12-15(17)19-16(14)18/h3-4,6,9,11,13-14H,1,5,7-8,10,12H2,2H3. The summed E-state index contributed by atoms with van der Waals surface area (Å²) in [5, 5.41) is 0. The molecule has 0 saturated carbocycles. The molecule has 19 heavy (non-hydrogen) atoms. The molecule has 0 radical (unpaired) electrons. The molecule has 0 aromatic rings. The maximum atomic E-state index is 11.6. The summed E-state index contributed by atoms with van der Waals surface area (Å²) < 4.78 is 4.63. The first-order valence-corrected chi connectivity index (χ1v) is 6.82. The Morgan fingerprint density at radius 3 is 2.74 bits per heavy atom. The van der Waals surface area contributed by atoms with Crippen molar-refractivity contribution in [1.82, 2.24) is 0 Å². The molecule has 1 saturated heterocycles. The molecule has 0 N–H and O–H groups in total. The highest BCUT2D eigenvalue weighted by Gasteiger charge is 2.37. The number of ether oxygens (including phenoxy) is 1. The number of allylic oxidation sites excluding steroid dienone is 5. The van der Waals surface area contributed by atoms with E-state index >= 15 is 0 Å². The van der Waals surface area contributed by atoms with Crippen LogP contribution < -0.4 is 0 Å². The van der Waals surface area contributed by atoms with Crippen molar-refractivity contribution in [3.05, 3.63) is 37.0 Å². The Labute approximate surface area is 115 Å². The van der Waals surface area contributed by atoms with Gasteiger partial charge in [0.1, 0.15) is 0 Å². The Balaban J connectivity index is 2.58. The third-order valence-electron chi connectivity index (χ3n) is 3.23. The summed E-state index contributed by atoms with van der Waals surface area (Å²) in [6.45, 7) is 5.63. The van der Waals surface area contributed by atoms with Crippen LogP contribution in [0.5, 0.6) is 0 Å². The van der Waals surface area contributed by atoms with Gasteiger partial charge >= 0.3 is 11.9 Å². The van der Waals surface area contributed by atoms with Gasteiger partial charge in [-0.3, -0.25) is 9.59 Å². The lowest BCUT2D eigenvalue weighted by Crippen LogP contribution is -2.17. The van der Waals surface area contributed by atoms with Crippen LogP contribution in [0.3, 0.4) is 0 Å². The summed E-state index contributed by atoms with van der Waals surface area (Å²) in [7, 11) is 0. The van der Waals surface area contributed by atoms with Crippen molar-refractivity contribution in [2.75, 3.05) is 0 Å². The average molecular weight is 262 g/mol. The van der Waals surface area contributed by atoms with Gasteiger partial charge in [0.25, 0.3) is 0 Å². The van der Waals surface area contributed by atoms with Gasteiger partial charge in [-0.25, -0.2) is 0 Å². The highest BCUT2D eigenvalue weighted by Crippen LogP contribution is 2.28. The maximum absolute atomic E-state index is 11.6. The highest BCUT2D eigenvalue weighted by atomic mass is 16.6. The molecule has 3 nitrogen and oxygen atoms in total. The number of cyclic esters (lactones) is 2. The number of carbonyl (C=O) groups is 2. The van der Waals surface area contributed by atoms with Crippen molar-refractivity contribution >= 4 is 11.9 Å². The van der Waals surface area contributed by atoms with E-state index in [1.807, 2.05) is 31.2 Å². The molecule has 0 aliphatic carbocycles. The number of carbonyl (C=O) groups excluding carboxylic acids is 2. The fourth-order valence-corrected chi connectivity index (χ4v) is 2.14. The zero-order valence-corrected chi connectivity index (χ0v) is 11.5. The Morgan fingerprint density at radius 2 is 2.16 bits per heavy atom. The van der Waals surface area contributed by atoms with Crippen LogP contribution in [0.2, 0.25) is 0 Å². The molecule has 0 aromatic heterocycles. The fraction of sp³-hybridized carbons (Fsp3) is 0.500. The van der Waals surface area contributed by atoms with Crippen molar-refractivity contribution < 1.29 is 14.3 Å². The molecule has 0 amide bonds. The lowest BCUT2D eigenvalue weighted by molar-refractivity contribution is -0.153. The van der Waals surface area contributed by atoms with Gasteiger partial charge in [-0.15, -0.1) is 6.58 Å². The van der Waals surface area contributed by atoms with Crippen LogP contribution in [0.1, 0.15) is 39.0 Å². The first kappa shape index (κ1) is 15.4. The van der Waals surface area contributed by atoms with E-state index < -0.39 is 5.97 Å². The lowest BCUT2D eigenvalue weighted by Gasteiger charge is -2.14. The summed E-state index contributed by atoms with van der Waals surface area (Å²) in [5.74, 6) is -1.05. The lowest BCUT2D eigenvalue weighted by atomic mass is 9.87. The molecule has 1 rings (SSSR count). The third-order valence-corrected chi connectivity index (χ3v) is 3.23. The summed E-state index contributed by atoms with van der Waals surface area (Å²) in [6.07, 6.45) is 14.0. The zero-order valence-electron chi connectivity index (χ0n) is 11.5. The number of hydrogen-bond acceptors (Lipinski definition) is 3. The predicted octanol–water partition coefficient (Wildman–Crippen LogP) is 3.57. The van der Waals surface area contributed by atoms with Crippen molar-refractivity contribution in [1.29, 1.82) is 0 Å². The Kier molecular flexibility index (Phi) is 6.86. The van der Waals surface area contributed by atoms with Crippen LogP contribution in [-0.4, -0.2) is 11.9 Å². The van der Waals surface area contributed by atoms with Crippen molar-refractivity contribution in [2.24, 2.45) is 11.8 Å². The molecule has 2 unspecified atom stereocenters. The smallest absolute Gasteiger partial charge is 0.317 e. The Hall–Kier alpha value is -1.64. The minimum absolute atomic E-state index is 0.0545. The van der Waals surface area contributed by atoms with E-state index in [1.54, 1.807) is 0 Å². The molecule has 3 heteroatoms. The number of esters is 2. The first-order valence-electron chi connectivity index (χ1n) is 6.82. The number of rotatable bonds is 8.